The molecule has 1 aromatic rings. The SMILES string of the molecule is Cc1cc(C)c(N2N=C(C(C)(C)C)CC2=O)c(C)c1. The molecule has 1 aromatic carbocycles. The molecule has 0 saturated carbocycles. The largest absolute Gasteiger partial charge is 0.272 e. The first kappa shape index (κ1) is 13.8. The molecule has 3 heteroatoms. The van der Waals surface area contributed by atoms with Crippen molar-refractivity contribution in [3.05, 3.63) is 28.8 Å². The van der Waals surface area contributed by atoms with Gasteiger partial charge in [-0.2, -0.15) is 10.1 Å². The van der Waals surface area contributed by atoms with E-state index < -0.39 is 0 Å². The maximum atomic E-state index is 12.2. The van der Waals surface area contributed by atoms with Gasteiger partial charge < -0.3 is 0 Å². The smallest absolute Gasteiger partial charge is 0.253 e. The maximum Gasteiger partial charge on any atom is 0.253 e. The molecule has 0 spiro atoms. The number of nitrogens with zero attached hydrogens (tertiary/aromatic N) is 2. The summed E-state index contributed by atoms with van der Waals surface area (Å²) in [5, 5.41) is 6.15. The molecule has 0 atom stereocenters. The van der Waals surface area contributed by atoms with Gasteiger partial charge in [-0.3, -0.25) is 4.79 Å². The van der Waals surface area contributed by atoms with Crippen LogP contribution in [0.5, 0.6) is 0 Å². The minimum absolute atomic E-state index is 0.0586. The van der Waals surface area contributed by atoms with Crippen LogP contribution in [0.25, 0.3) is 0 Å². The Hall–Kier alpha value is -1.64. The number of hydrogen-bond donors (Lipinski definition) is 0. The predicted octanol–water partition coefficient (Wildman–Crippen LogP) is 3.75. The fourth-order valence-corrected chi connectivity index (χ4v) is 2.53. The van der Waals surface area contributed by atoms with E-state index in [0.717, 1.165) is 22.5 Å². The number of hydrazone groups is 1. The summed E-state index contributed by atoms with van der Waals surface area (Å²) in [6.45, 7) is 12.4. The molecule has 19 heavy (non-hydrogen) atoms. The normalized spacial score (nSPS) is 16.0. The maximum absolute atomic E-state index is 12.2. The summed E-state index contributed by atoms with van der Waals surface area (Å²) in [4.78, 5) is 12.2. The molecule has 0 bridgehead atoms. The van der Waals surface area contributed by atoms with Crippen LogP contribution in [0.15, 0.2) is 17.2 Å². The second-order valence-corrected chi connectivity index (χ2v) is 6.43. The van der Waals surface area contributed by atoms with Gasteiger partial charge in [-0.05, 0) is 31.9 Å². The van der Waals surface area contributed by atoms with Gasteiger partial charge in [0.15, 0.2) is 0 Å². The van der Waals surface area contributed by atoms with Crippen LogP contribution >= 0.6 is 0 Å². The molecule has 1 aliphatic rings. The lowest BCUT2D eigenvalue weighted by Gasteiger charge is -2.19. The molecule has 0 radical (unpaired) electrons. The van der Waals surface area contributed by atoms with Crippen LogP contribution in [0.1, 0.15) is 43.9 Å². The Kier molecular flexibility index (Phi) is 3.25. The van der Waals surface area contributed by atoms with Crippen molar-refractivity contribution < 1.29 is 4.79 Å². The molecular weight excluding hydrogens is 236 g/mol. The fraction of sp³-hybridized carbons (Fsp3) is 0.500. The minimum atomic E-state index is -0.0586. The van der Waals surface area contributed by atoms with Crippen LogP contribution in [0.3, 0.4) is 0 Å². The first-order chi connectivity index (χ1) is 8.70. The van der Waals surface area contributed by atoms with E-state index in [1.165, 1.54) is 5.56 Å². The van der Waals surface area contributed by atoms with E-state index in [9.17, 15) is 4.79 Å². The predicted molar refractivity (Wildman–Crippen MR) is 79.6 cm³/mol. The van der Waals surface area contributed by atoms with Crippen LogP contribution in [0, 0.1) is 26.2 Å². The average molecular weight is 258 g/mol. The Morgan fingerprint density at radius 1 is 1.11 bits per heavy atom. The van der Waals surface area contributed by atoms with Crippen molar-refractivity contribution in [3.8, 4) is 0 Å². The summed E-state index contributed by atoms with van der Waals surface area (Å²) >= 11 is 0. The van der Waals surface area contributed by atoms with Gasteiger partial charge >= 0.3 is 0 Å². The van der Waals surface area contributed by atoms with Crippen molar-refractivity contribution in [2.75, 3.05) is 5.01 Å². The van der Waals surface area contributed by atoms with E-state index in [0.29, 0.717) is 6.42 Å². The lowest BCUT2D eigenvalue weighted by atomic mass is 9.88. The lowest BCUT2D eigenvalue weighted by molar-refractivity contribution is -0.117. The average Bonchev–Trinajstić information content (AvgIpc) is 2.59. The van der Waals surface area contributed by atoms with Gasteiger partial charge in [0.1, 0.15) is 0 Å². The zero-order chi connectivity index (χ0) is 14.4. The first-order valence-electron chi connectivity index (χ1n) is 6.69. The summed E-state index contributed by atoms with van der Waals surface area (Å²) in [6, 6.07) is 4.19. The third kappa shape index (κ3) is 2.55. The molecule has 0 aliphatic carbocycles. The molecular formula is C16H22N2O. The van der Waals surface area contributed by atoms with Gasteiger partial charge in [0, 0.05) is 5.41 Å². The van der Waals surface area contributed by atoms with Crippen LogP contribution < -0.4 is 5.01 Å². The summed E-state index contributed by atoms with van der Waals surface area (Å²) in [6.07, 6.45) is 0.427. The fourth-order valence-electron chi connectivity index (χ4n) is 2.53. The number of hydrogen-bond acceptors (Lipinski definition) is 2. The van der Waals surface area contributed by atoms with Crippen molar-refractivity contribution in [3.63, 3.8) is 0 Å². The van der Waals surface area contributed by atoms with Crippen LogP contribution in [0.4, 0.5) is 5.69 Å². The van der Waals surface area contributed by atoms with E-state index in [-0.39, 0.29) is 11.3 Å². The van der Waals surface area contributed by atoms with Crippen LogP contribution in [-0.4, -0.2) is 11.6 Å². The number of rotatable bonds is 1. The highest BCUT2D eigenvalue weighted by atomic mass is 16.2. The number of carbonyl (C=O) groups is 1. The molecule has 102 valence electrons. The Morgan fingerprint density at radius 2 is 1.63 bits per heavy atom. The van der Waals surface area contributed by atoms with Gasteiger partial charge in [0.05, 0.1) is 17.8 Å². The van der Waals surface area contributed by atoms with E-state index in [1.54, 1.807) is 5.01 Å². The molecule has 0 saturated heterocycles. The molecule has 3 nitrogen and oxygen atoms in total. The second-order valence-electron chi connectivity index (χ2n) is 6.43. The van der Waals surface area contributed by atoms with Crippen molar-refractivity contribution in [2.24, 2.45) is 10.5 Å². The van der Waals surface area contributed by atoms with E-state index >= 15 is 0 Å². The third-order valence-corrected chi connectivity index (χ3v) is 3.49. The minimum Gasteiger partial charge on any atom is -0.272 e. The van der Waals surface area contributed by atoms with Gasteiger partial charge in [0.2, 0.25) is 0 Å². The van der Waals surface area contributed by atoms with Gasteiger partial charge in [-0.15, -0.1) is 0 Å². The highest BCUT2D eigenvalue weighted by Crippen LogP contribution is 2.32. The highest BCUT2D eigenvalue weighted by Gasteiger charge is 2.33. The highest BCUT2D eigenvalue weighted by molar-refractivity contribution is 6.15. The Labute approximate surface area is 115 Å². The van der Waals surface area contributed by atoms with E-state index in [1.807, 2.05) is 13.8 Å². The monoisotopic (exact) mass is 258 g/mol. The van der Waals surface area contributed by atoms with E-state index in [4.69, 9.17) is 0 Å². The molecule has 1 heterocycles. The summed E-state index contributed by atoms with van der Waals surface area (Å²) in [7, 11) is 0. The number of anilines is 1. The lowest BCUT2D eigenvalue weighted by Crippen LogP contribution is -2.22. The molecule has 2 rings (SSSR count). The van der Waals surface area contributed by atoms with Crippen molar-refractivity contribution in [2.45, 2.75) is 48.0 Å². The van der Waals surface area contributed by atoms with Crippen LogP contribution in [-0.2, 0) is 4.79 Å². The molecule has 0 N–H and O–H groups in total. The van der Waals surface area contributed by atoms with Gasteiger partial charge in [-0.1, -0.05) is 38.5 Å². The molecule has 1 amide bonds. The van der Waals surface area contributed by atoms with Gasteiger partial charge in [-0.25, -0.2) is 0 Å². The Morgan fingerprint density at radius 3 is 2.05 bits per heavy atom. The summed E-state index contributed by atoms with van der Waals surface area (Å²) in [5.74, 6) is 0.0694. The second kappa shape index (κ2) is 4.48. The molecule has 1 aliphatic heterocycles. The number of amides is 1. The zero-order valence-corrected chi connectivity index (χ0v) is 12.7. The molecule has 0 unspecified atom stereocenters. The zero-order valence-electron chi connectivity index (χ0n) is 12.7. The summed E-state index contributed by atoms with van der Waals surface area (Å²) in [5.41, 5.74) is 5.25. The standard InChI is InChI=1S/C16H22N2O/c1-10-7-11(2)15(12(3)8-10)18-14(19)9-13(17-18)16(4,5)6/h7-8H,9H2,1-6H3. The molecule has 0 aromatic heterocycles. The van der Waals surface area contributed by atoms with Gasteiger partial charge in [0.25, 0.3) is 5.91 Å². The summed E-state index contributed by atoms with van der Waals surface area (Å²) < 4.78 is 0. The topological polar surface area (TPSA) is 32.7 Å². The quantitative estimate of drug-likeness (QED) is 0.755. The molecule has 0 fully saturated rings. The number of benzene rings is 1. The number of carbonyl (C=O) groups excluding carboxylic acids is 1. The number of aryl methyl sites for hydroxylation is 3. The first-order valence-corrected chi connectivity index (χ1v) is 6.69. The Bertz CT molecular complexity index is 542. The van der Waals surface area contributed by atoms with Crippen molar-refractivity contribution in [1.82, 2.24) is 0 Å². The Balaban J connectivity index is 2.49. The van der Waals surface area contributed by atoms with E-state index in [2.05, 4.69) is 44.9 Å². The van der Waals surface area contributed by atoms with Crippen molar-refractivity contribution >= 4 is 17.3 Å². The third-order valence-electron chi connectivity index (χ3n) is 3.49. The van der Waals surface area contributed by atoms with Crippen molar-refractivity contribution in [1.29, 1.82) is 0 Å². The van der Waals surface area contributed by atoms with Crippen LogP contribution in [0.2, 0.25) is 0 Å².